The zero-order valence-corrected chi connectivity index (χ0v) is 21.3. The Labute approximate surface area is 208 Å². The maximum Gasteiger partial charge on any atom is 0.176 e. The number of hydrogen-bond donors (Lipinski definition) is 0. The molecule has 35 heavy (non-hydrogen) atoms. The van der Waals surface area contributed by atoms with Crippen molar-refractivity contribution in [1.29, 1.82) is 0 Å². The van der Waals surface area contributed by atoms with E-state index < -0.39 is 8.07 Å². The van der Waals surface area contributed by atoms with Crippen molar-refractivity contribution >= 4 is 50.8 Å². The van der Waals surface area contributed by atoms with E-state index in [0.717, 1.165) is 0 Å². The Kier molecular flexibility index (Phi) is 5.16. The van der Waals surface area contributed by atoms with Crippen LogP contribution < -0.4 is 15.6 Å². The Morgan fingerprint density at radius 1 is 0.657 bits per heavy atom. The molecule has 0 N–H and O–H groups in total. The fourth-order valence-corrected chi connectivity index (χ4v) is 11.4. The molecular weight excluding hydrogens is 436 g/mol. The fraction of sp³-hybridized carbons (Fsp3) is 0.0588. The van der Waals surface area contributed by atoms with E-state index in [1.54, 1.807) is 0 Å². The zero-order chi connectivity index (χ0) is 24.0. The van der Waals surface area contributed by atoms with Gasteiger partial charge in [-0.3, -0.25) is 0 Å². The van der Waals surface area contributed by atoms with Crippen LogP contribution in [0.25, 0.3) is 27.1 Å². The van der Waals surface area contributed by atoms with Crippen LogP contribution in [0.1, 0.15) is 18.1 Å². The van der Waals surface area contributed by atoms with Gasteiger partial charge >= 0.3 is 0 Å². The van der Waals surface area contributed by atoms with Crippen LogP contribution in [0.5, 0.6) is 0 Å². The molecule has 0 unspecified atom stereocenters. The molecule has 0 aromatic heterocycles. The van der Waals surface area contributed by atoms with Crippen LogP contribution in [0.3, 0.4) is 0 Å². The lowest BCUT2D eigenvalue weighted by Crippen LogP contribution is -2.67. The van der Waals surface area contributed by atoms with Gasteiger partial charge in [0.25, 0.3) is 0 Å². The van der Waals surface area contributed by atoms with Crippen LogP contribution >= 0.6 is 0 Å². The average molecular weight is 465 g/mol. The Balaban J connectivity index is 1.81. The van der Waals surface area contributed by atoms with E-state index in [0.29, 0.717) is 0 Å². The van der Waals surface area contributed by atoms with Crippen LogP contribution in [-0.4, -0.2) is 8.07 Å². The number of aryl methyl sites for hydroxylation is 1. The molecule has 0 atom stereocenters. The lowest BCUT2D eigenvalue weighted by molar-refractivity contribution is 1.56. The molecule has 5 aromatic carbocycles. The van der Waals surface area contributed by atoms with E-state index >= 15 is 0 Å². The van der Waals surface area contributed by atoms with Crippen LogP contribution in [0.2, 0.25) is 0 Å². The van der Waals surface area contributed by atoms with Gasteiger partial charge in [-0.1, -0.05) is 127 Å². The summed E-state index contributed by atoms with van der Waals surface area (Å²) in [4.78, 5) is 0. The molecule has 0 amide bonds. The number of allylic oxidation sites excluding steroid dienone is 5. The van der Waals surface area contributed by atoms with Crippen molar-refractivity contribution in [3.8, 4) is 0 Å². The van der Waals surface area contributed by atoms with E-state index in [2.05, 4.69) is 136 Å². The summed E-state index contributed by atoms with van der Waals surface area (Å²) in [6.07, 6.45) is 6.23. The SMILES string of the molecule is C=C/C=C\C1=C(C)[Si](c2ccccc2)(c2ccccc2)c2cc3cc(C)c4ccccc4c3cc21. The van der Waals surface area contributed by atoms with Crippen LogP contribution in [0.15, 0.2) is 133 Å². The number of hydrogen-bond acceptors (Lipinski definition) is 0. The van der Waals surface area contributed by atoms with E-state index in [4.69, 9.17) is 0 Å². The smallest absolute Gasteiger partial charge is 0.0991 e. The van der Waals surface area contributed by atoms with Crippen molar-refractivity contribution in [2.75, 3.05) is 0 Å². The Morgan fingerprint density at radius 3 is 1.89 bits per heavy atom. The Bertz CT molecular complexity index is 1610. The molecule has 1 heterocycles. The van der Waals surface area contributed by atoms with Crippen molar-refractivity contribution < 1.29 is 0 Å². The van der Waals surface area contributed by atoms with Gasteiger partial charge in [0.05, 0.1) is 0 Å². The third kappa shape index (κ3) is 3.12. The molecule has 0 aliphatic carbocycles. The van der Waals surface area contributed by atoms with E-state index in [-0.39, 0.29) is 0 Å². The van der Waals surface area contributed by atoms with Gasteiger partial charge in [-0.2, -0.15) is 0 Å². The first-order valence-electron chi connectivity index (χ1n) is 12.2. The summed E-state index contributed by atoms with van der Waals surface area (Å²) in [5.74, 6) is 0. The predicted octanol–water partition coefficient (Wildman–Crippen LogP) is 6.84. The summed E-state index contributed by atoms with van der Waals surface area (Å²) >= 11 is 0. The minimum atomic E-state index is -2.43. The van der Waals surface area contributed by atoms with Crippen molar-refractivity contribution in [3.63, 3.8) is 0 Å². The second kappa shape index (κ2) is 8.37. The van der Waals surface area contributed by atoms with Crippen LogP contribution in [0.4, 0.5) is 0 Å². The summed E-state index contributed by atoms with van der Waals surface area (Å²) in [6.45, 7) is 8.55. The van der Waals surface area contributed by atoms with Crippen molar-refractivity contribution in [2.45, 2.75) is 13.8 Å². The first kappa shape index (κ1) is 21.6. The highest BCUT2D eigenvalue weighted by Crippen LogP contribution is 2.38. The van der Waals surface area contributed by atoms with Crippen molar-refractivity contribution in [3.05, 3.63) is 144 Å². The van der Waals surface area contributed by atoms with Gasteiger partial charge in [-0.05, 0) is 73.7 Å². The topological polar surface area (TPSA) is 0 Å². The molecule has 1 aliphatic rings. The molecule has 0 radical (unpaired) electrons. The summed E-state index contributed by atoms with van der Waals surface area (Å²) in [7, 11) is -2.43. The first-order chi connectivity index (χ1) is 17.2. The molecule has 1 aliphatic heterocycles. The number of benzene rings is 5. The molecule has 0 nitrogen and oxygen atoms in total. The van der Waals surface area contributed by atoms with Gasteiger partial charge in [0.1, 0.15) is 0 Å². The second-order valence-electron chi connectivity index (χ2n) is 9.47. The lowest BCUT2D eigenvalue weighted by Gasteiger charge is -2.32. The number of rotatable bonds is 4. The molecule has 0 saturated carbocycles. The Hall–Kier alpha value is -3.94. The molecule has 6 rings (SSSR count). The maximum absolute atomic E-state index is 3.96. The molecular formula is C34H28Si. The molecule has 0 spiro atoms. The van der Waals surface area contributed by atoms with E-state index in [1.807, 2.05) is 6.08 Å². The van der Waals surface area contributed by atoms with Crippen LogP contribution in [0, 0.1) is 6.92 Å². The number of fused-ring (bicyclic) bond motifs is 4. The highest BCUT2D eigenvalue weighted by Gasteiger charge is 2.48. The average Bonchev–Trinajstić information content (AvgIpc) is 3.15. The summed E-state index contributed by atoms with van der Waals surface area (Å²) in [5.41, 5.74) is 4.03. The highest BCUT2D eigenvalue weighted by molar-refractivity contribution is 7.18. The second-order valence-corrected chi connectivity index (χ2v) is 13.4. The minimum Gasteiger partial charge on any atom is -0.0991 e. The lowest BCUT2D eigenvalue weighted by atomic mass is 9.94. The predicted molar refractivity (Wildman–Crippen MR) is 156 cm³/mol. The molecule has 1 heteroatoms. The van der Waals surface area contributed by atoms with E-state index in [1.165, 1.54) is 59.0 Å². The van der Waals surface area contributed by atoms with Gasteiger partial charge in [0.2, 0.25) is 0 Å². The third-order valence-electron chi connectivity index (χ3n) is 7.68. The monoisotopic (exact) mass is 464 g/mol. The normalized spacial score (nSPS) is 14.7. The first-order valence-corrected chi connectivity index (χ1v) is 14.2. The minimum absolute atomic E-state index is 1.32. The third-order valence-corrected chi connectivity index (χ3v) is 12.7. The Morgan fingerprint density at radius 2 is 1.26 bits per heavy atom. The van der Waals surface area contributed by atoms with Gasteiger partial charge in [0.15, 0.2) is 8.07 Å². The van der Waals surface area contributed by atoms with Gasteiger partial charge in [-0.15, -0.1) is 0 Å². The van der Waals surface area contributed by atoms with Crippen molar-refractivity contribution in [2.24, 2.45) is 0 Å². The van der Waals surface area contributed by atoms with Crippen LogP contribution in [-0.2, 0) is 0 Å². The molecule has 0 bridgehead atoms. The highest BCUT2D eigenvalue weighted by atomic mass is 28.3. The maximum atomic E-state index is 3.96. The van der Waals surface area contributed by atoms with Gasteiger partial charge in [-0.25, -0.2) is 0 Å². The van der Waals surface area contributed by atoms with E-state index in [9.17, 15) is 0 Å². The molecule has 0 saturated heterocycles. The largest absolute Gasteiger partial charge is 0.176 e. The standard InChI is InChI=1S/C34H28Si/c1-4-5-18-30-25(3)35(27-14-8-6-9-15-27,28-16-10-7-11-17-28)34-22-26-21-24(2)29-19-12-13-20-31(29)32(26)23-33(30)34/h4-23H,1H2,2-3H3/b18-5-. The summed E-state index contributed by atoms with van der Waals surface area (Å²) < 4.78 is 0. The summed E-state index contributed by atoms with van der Waals surface area (Å²) in [6, 6.07) is 38.5. The van der Waals surface area contributed by atoms with Gasteiger partial charge in [0, 0.05) is 0 Å². The quantitative estimate of drug-likeness (QED) is 0.155. The zero-order valence-electron chi connectivity index (χ0n) is 20.3. The van der Waals surface area contributed by atoms with Gasteiger partial charge < -0.3 is 0 Å². The molecule has 168 valence electrons. The fourth-order valence-electron chi connectivity index (χ4n) is 6.15. The molecule has 0 fully saturated rings. The van der Waals surface area contributed by atoms with Crippen molar-refractivity contribution in [1.82, 2.24) is 0 Å². The summed E-state index contributed by atoms with van der Waals surface area (Å²) in [5, 5.41) is 11.1. The molecule has 5 aromatic rings.